The Kier molecular flexibility index (Phi) is 1.76. The van der Waals surface area contributed by atoms with Gasteiger partial charge in [-0.15, -0.1) is 0 Å². The van der Waals surface area contributed by atoms with Crippen LogP contribution in [-0.2, 0) is 0 Å². The van der Waals surface area contributed by atoms with Gasteiger partial charge in [0.25, 0.3) is 0 Å². The second-order valence-corrected chi connectivity index (χ2v) is 5.79. The van der Waals surface area contributed by atoms with Crippen LogP contribution in [0, 0.1) is 23.2 Å². The summed E-state index contributed by atoms with van der Waals surface area (Å²) in [6, 6.07) is 0.521. The van der Waals surface area contributed by atoms with Gasteiger partial charge in [0.15, 0.2) is 0 Å². The van der Waals surface area contributed by atoms with Crippen LogP contribution in [0.15, 0.2) is 0 Å². The van der Waals surface area contributed by atoms with Crippen LogP contribution in [0.1, 0.15) is 40.0 Å². The van der Waals surface area contributed by atoms with Gasteiger partial charge in [0.2, 0.25) is 0 Å². The minimum absolute atomic E-state index is 0.486. The second-order valence-electron chi connectivity index (χ2n) is 5.79. The van der Waals surface area contributed by atoms with E-state index in [4.69, 9.17) is 5.73 Å². The van der Waals surface area contributed by atoms with E-state index in [-0.39, 0.29) is 0 Å². The van der Waals surface area contributed by atoms with Gasteiger partial charge in [0.05, 0.1) is 0 Å². The molecule has 0 aromatic heterocycles. The molecular weight excluding hydrogens is 146 g/mol. The van der Waals surface area contributed by atoms with Crippen molar-refractivity contribution in [2.45, 2.75) is 46.1 Å². The van der Waals surface area contributed by atoms with Crippen LogP contribution >= 0.6 is 0 Å². The van der Waals surface area contributed by atoms with E-state index >= 15 is 0 Å². The maximum absolute atomic E-state index is 6.11. The van der Waals surface area contributed by atoms with Gasteiger partial charge < -0.3 is 5.73 Å². The van der Waals surface area contributed by atoms with E-state index in [9.17, 15) is 0 Å². The van der Waals surface area contributed by atoms with E-state index in [2.05, 4.69) is 20.8 Å². The van der Waals surface area contributed by atoms with E-state index in [1.54, 1.807) is 0 Å². The van der Waals surface area contributed by atoms with E-state index in [0.29, 0.717) is 11.5 Å². The molecule has 1 nitrogen and oxygen atoms in total. The van der Waals surface area contributed by atoms with Crippen LogP contribution in [0.4, 0.5) is 0 Å². The SMILES string of the molecule is CC(C)(C)C1C2CCC1C(N)C2. The van der Waals surface area contributed by atoms with Crippen molar-refractivity contribution in [3.8, 4) is 0 Å². The molecule has 0 radical (unpaired) electrons. The average molecular weight is 167 g/mol. The highest BCUT2D eigenvalue weighted by atomic mass is 14.7. The molecule has 2 rings (SSSR count). The van der Waals surface area contributed by atoms with Crippen LogP contribution in [0.25, 0.3) is 0 Å². The first-order valence-electron chi connectivity index (χ1n) is 5.26. The lowest BCUT2D eigenvalue weighted by Crippen LogP contribution is -2.31. The highest BCUT2D eigenvalue weighted by Crippen LogP contribution is 2.55. The first kappa shape index (κ1) is 8.55. The maximum atomic E-state index is 6.11. The van der Waals surface area contributed by atoms with Crippen LogP contribution in [0.3, 0.4) is 0 Å². The van der Waals surface area contributed by atoms with Crippen molar-refractivity contribution in [2.24, 2.45) is 28.9 Å². The Labute approximate surface area is 75.7 Å². The minimum atomic E-state index is 0.486. The number of hydrogen-bond acceptors (Lipinski definition) is 1. The highest BCUT2D eigenvalue weighted by Gasteiger charge is 2.50. The smallest absolute Gasteiger partial charge is 0.00728 e. The topological polar surface area (TPSA) is 26.0 Å². The average Bonchev–Trinajstić information content (AvgIpc) is 2.39. The van der Waals surface area contributed by atoms with Gasteiger partial charge in [-0.05, 0) is 42.4 Å². The van der Waals surface area contributed by atoms with Crippen molar-refractivity contribution in [2.75, 3.05) is 0 Å². The zero-order valence-electron chi connectivity index (χ0n) is 8.51. The first-order valence-corrected chi connectivity index (χ1v) is 5.26. The number of rotatable bonds is 0. The summed E-state index contributed by atoms with van der Waals surface area (Å²) in [5.41, 5.74) is 6.59. The lowest BCUT2D eigenvalue weighted by atomic mass is 9.74. The number of hydrogen-bond donors (Lipinski definition) is 1. The summed E-state index contributed by atoms with van der Waals surface area (Å²) in [7, 11) is 0. The Morgan fingerprint density at radius 1 is 1.17 bits per heavy atom. The standard InChI is InChI=1S/C11H21N/c1-11(2,3)10-7-4-5-8(10)9(12)6-7/h7-10H,4-6,12H2,1-3H3. The van der Waals surface area contributed by atoms with Crippen molar-refractivity contribution in [1.82, 2.24) is 0 Å². The summed E-state index contributed by atoms with van der Waals surface area (Å²) >= 11 is 0. The molecule has 2 aliphatic carbocycles. The third kappa shape index (κ3) is 1.10. The lowest BCUT2D eigenvalue weighted by molar-refractivity contribution is 0.179. The summed E-state index contributed by atoms with van der Waals surface area (Å²) in [5.74, 6) is 2.70. The van der Waals surface area contributed by atoms with E-state index in [1.807, 2.05) is 0 Å². The van der Waals surface area contributed by atoms with Gasteiger partial charge in [-0.25, -0.2) is 0 Å². The van der Waals surface area contributed by atoms with Crippen LogP contribution in [0.2, 0.25) is 0 Å². The van der Waals surface area contributed by atoms with Crippen LogP contribution < -0.4 is 5.73 Å². The zero-order chi connectivity index (χ0) is 8.93. The summed E-state index contributed by atoms with van der Waals surface area (Å²) in [5, 5.41) is 0. The Hall–Kier alpha value is -0.0400. The molecule has 0 heterocycles. The van der Waals surface area contributed by atoms with Crippen molar-refractivity contribution in [3.63, 3.8) is 0 Å². The van der Waals surface area contributed by atoms with Crippen molar-refractivity contribution in [1.29, 1.82) is 0 Å². The summed E-state index contributed by atoms with van der Waals surface area (Å²) < 4.78 is 0. The molecule has 2 aliphatic rings. The Morgan fingerprint density at radius 3 is 2.08 bits per heavy atom. The molecule has 12 heavy (non-hydrogen) atoms. The first-order chi connectivity index (χ1) is 5.50. The van der Waals surface area contributed by atoms with E-state index in [0.717, 1.165) is 17.8 Å². The number of nitrogens with two attached hydrogens (primary N) is 1. The molecule has 0 aromatic rings. The van der Waals surface area contributed by atoms with Crippen molar-refractivity contribution in [3.05, 3.63) is 0 Å². The van der Waals surface area contributed by atoms with Crippen molar-refractivity contribution >= 4 is 0 Å². The molecule has 0 spiro atoms. The molecule has 1 heteroatoms. The third-order valence-corrected chi connectivity index (χ3v) is 3.96. The monoisotopic (exact) mass is 167 g/mol. The van der Waals surface area contributed by atoms with Gasteiger partial charge in [-0.1, -0.05) is 20.8 Å². The minimum Gasteiger partial charge on any atom is -0.327 e. The lowest BCUT2D eigenvalue weighted by Gasteiger charge is -2.31. The predicted molar refractivity (Wildman–Crippen MR) is 51.8 cm³/mol. The fourth-order valence-electron chi connectivity index (χ4n) is 3.73. The largest absolute Gasteiger partial charge is 0.327 e. The Bertz CT molecular complexity index is 180. The quantitative estimate of drug-likeness (QED) is 0.589. The summed E-state index contributed by atoms with van der Waals surface area (Å²) in [6.07, 6.45) is 4.14. The van der Waals surface area contributed by atoms with Gasteiger partial charge >= 0.3 is 0 Å². The molecule has 0 aromatic carbocycles. The molecule has 4 atom stereocenters. The molecule has 2 fully saturated rings. The fraction of sp³-hybridized carbons (Fsp3) is 1.00. The highest BCUT2D eigenvalue weighted by molar-refractivity contribution is 5.02. The molecule has 0 aliphatic heterocycles. The van der Waals surface area contributed by atoms with Gasteiger partial charge in [0, 0.05) is 6.04 Å². The number of fused-ring (bicyclic) bond motifs is 2. The molecule has 2 saturated carbocycles. The molecule has 2 bridgehead atoms. The molecule has 4 unspecified atom stereocenters. The predicted octanol–water partition coefficient (Wildman–Crippen LogP) is 2.41. The summed E-state index contributed by atoms with van der Waals surface area (Å²) in [6.45, 7) is 7.13. The van der Waals surface area contributed by atoms with E-state index < -0.39 is 0 Å². The van der Waals surface area contributed by atoms with Crippen LogP contribution in [0.5, 0.6) is 0 Å². The zero-order valence-corrected chi connectivity index (χ0v) is 8.51. The van der Waals surface area contributed by atoms with Crippen molar-refractivity contribution < 1.29 is 0 Å². The van der Waals surface area contributed by atoms with Gasteiger partial charge in [-0.2, -0.15) is 0 Å². The molecular formula is C11H21N. The maximum Gasteiger partial charge on any atom is 0.00728 e. The molecule has 0 saturated heterocycles. The Morgan fingerprint density at radius 2 is 1.83 bits per heavy atom. The van der Waals surface area contributed by atoms with Crippen LogP contribution in [-0.4, -0.2) is 6.04 Å². The van der Waals surface area contributed by atoms with E-state index in [1.165, 1.54) is 19.3 Å². The normalized spacial score (nSPS) is 47.0. The van der Waals surface area contributed by atoms with Gasteiger partial charge in [-0.3, -0.25) is 0 Å². The van der Waals surface area contributed by atoms with Gasteiger partial charge in [0.1, 0.15) is 0 Å². The second kappa shape index (κ2) is 2.47. The Balaban J connectivity index is 2.19. The fourth-order valence-corrected chi connectivity index (χ4v) is 3.73. The summed E-state index contributed by atoms with van der Waals surface area (Å²) in [4.78, 5) is 0. The molecule has 0 amide bonds. The molecule has 2 N–H and O–H groups in total. The molecule has 70 valence electrons. The third-order valence-electron chi connectivity index (χ3n) is 3.96.